The Kier molecular flexibility index (Phi) is 7.38. The molecule has 0 aliphatic heterocycles. The summed E-state index contributed by atoms with van der Waals surface area (Å²) in [6.07, 6.45) is 5.43. The molecule has 0 amide bonds. The summed E-state index contributed by atoms with van der Waals surface area (Å²) in [6.45, 7) is 9.82. The first-order valence-electron chi connectivity index (χ1n) is 12.6. The lowest BCUT2D eigenvalue weighted by molar-refractivity contribution is 0.103. The molecule has 1 fully saturated rings. The predicted molar refractivity (Wildman–Crippen MR) is 137 cm³/mol. The second-order valence-electron chi connectivity index (χ2n) is 10.3. The zero-order valence-corrected chi connectivity index (χ0v) is 21.4. The summed E-state index contributed by atoms with van der Waals surface area (Å²) in [4.78, 5) is 2.81. The molecule has 0 bridgehead atoms. The van der Waals surface area contributed by atoms with Crippen molar-refractivity contribution in [2.24, 2.45) is 11.1 Å². The van der Waals surface area contributed by atoms with Gasteiger partial charge in [-0.2, -0.15) is 0 Å². The van der Waals surface area contributed by atoms with Gasteiger partial charge in [-0.05, 0) is 92.1 Å². The largest absolute Gasteiger partial charge is 0.508 e. The van der Waals surface area contributed by atoms with Crippen LogP contribution in [0.1, 0.15) is 56.7 Å². The van der Waals surface area contributed by atoms with Gasteiger partial charge < -0.3 is 10.4 Å². The summed E-state index contributed by atoms with van der Waals surface area (Å²) >= 11 is 0. The van der Waals surface area contributed by atoms with Crippen LogP contribution in [-0.2, 0) is 28.3 Å². The molecule has 0 saturated heterocycles. The van der Waals surface area contributed by atoms with Gasteiger partial charge in [0.05, 0.1) is 4.90 Å². The molecule has 4 rings (SSSR count). The zero-order valence-electron chi connectivity index (χ0n) is 20.6. The molecule has 0 spiro atoms. The van der Waals surface area contributed by atoms with Crippen molar-refractivity contribution in [3.8, 4) is 5.75 Å². The molecule has 186 valence electrons. The van der Waals surface area contributed by atoms with E-state index < -0.39 is 10.0 Å². The average Bonchev–Trinajstić information content (AvgIpc) is 3.63. The number of nitrogens with two attached hydrogens (primary N) is 1. The third-order valence-electron chi connectivity index (χ3n) is 8.04. The lowest BCUT2D eigenvalue weighted by atomic mass is 9.64. The van der Waals surface area contributed by atoms with Crippen LogP contribution >= 0.6 is 0 Å². The van der Waals surface area contributed by atoms with Gasteiger partial charge in [0.15, 0.2) is 0 Å². The highest BCUT2D eigenvalue weighted by Crippen LogP contribution is 2.43. The number of likely N-dealkylation sites (N-methyl/N-ethyl adjacent to an activating group) is 1. The molecule has 3 atom stereocenters. The quantitative estimate of drug-likeness (QED) is 0.478. The number of rotatable bonds is 10. The lowest BCUT2D eigenvalue weighted by Crippen LogP contribution is -2.63. The number of benzene rings is 2. The predicted octanol–water partition coefficient (Wildman–Crippen LogP) is 3.56. The molecule has 4 N–H and O–H groups in total. The maximum absolute atomic E-state index is 11.5. The minimum atomic E-state index is -3.67. The molecule has 1 unspecified atom stereocenters. The van der Waals surface area contributed by atoms with Gasteiger partial charge in [0.2, 0.25) is 10.0 Å². The Hall–Kier alpha value is -1.93. The van der Waals surface area contributed by atoms with E-state index >= 15 is 0 Å². The van der Waals surface area contributed by atoms with Crippen LogP contribution in [-0.4, -0.2) is 50.1 Å². The van der Waals surface area contributed by atoms with Gasteiger partial charge in [-0.25, -0.2) is 13.6 Å². The smallest absolute Gasteiger partial charge is 0.238 e. The van der Waals surface area contributed by atoms with Gasteiger partial charge >= 0.3 is 0 Å². The molecule has 2 aliphatic carbocycles. The number of primary sulfonamides is 1. The van der Waals surface area contributed by atoms with Gasteiger partial charge in [-0.3, -0.25) is 4.90 Å². The summed E-state index contributed by atoms with van der Waals surface area (Å²) in [5.74, 6) is 1.16. The van der Waals surface area contributed by atoms with Crippen LogP contribution in [0.25, 0.3) is 0 Å². The highest BCUT2D eigenvalue weighted by molar-refractivity contribution is 7.89. The molecular formula is C27H39N3O3S. The Bertz CT molecular complexity index is 1100. The van der Waals surface area contributed by atoms with E-state index in [0.29, 0.717) is 11.8 Å². The number of hydrogen-bond acceptors (Lipinski definition) is 5. The molecule has 1 saturated carbocycles. The second-order valence-corrected chi connectivity index (χ2v) is 11.8. The molecule has 0 heterocycles. The first kappa shape index (κ1) is 25.2. The summed E-state index contributed by atoms with van der Waals surface area (Å²) in [7, 11) is -3.67. The zero-order chi connectivity index (χ0) is 24.5. The van der Waals surface area contributed by atoms with Crippen molar-refractivity contribution < 1.29 is 13.5 Å². The van der Waals surface area contributed by atoms with Crippen LogP contribution in [0.2, 0.25) is 0 Å². The van der Waals surface area contributed by atoms with E-state index in [9.17, 15) is 13.5 Å². The van der Waals surface area contributed by atoms with Crippen molar-refractivity contribution in [3.05, 3.63) is 59.2 Å². The average molecular weight is 486 g/mol. The fraction of sp³-hybridized carbons (Fsp3) is 0.556. The third-order valence-corrected chi connectivity index (χ3v) is 8.97. The maximum Gasteiger partial charge on any atom is 0.238 e. The van der Waals surface area contributed by atoms with Crippen molar-refractivity contribution in [1.29, 1.82) is 0 Å². The van der Waals surface area contributed by atoms with Gasteiger partial charge in [0, 0.05) is 24.0 Å². The summed E-state index contributed by atoms with van der Waals surface area (Å²) < 4.78 is 23.1. The molecule has 34 heavy (non-hydrogen) atoms. The Labute approximate surface area is 204 Å². The van der Waals surface area contributed by atoms with Crippen molar-refractivity contribution in [2.75, 3.05) is 19.6 Å². The van der Waals surface area contributed by atoms with Crippen molar-refractivity contribution in [3.63, 3.8) is 0 Å². The Balaban J connectivity index is 1.57. The molecule has 2 aromatic carbocycles. The number of sulfonamides is 1. The van der Waals surface area contributed by atoms with Crippen LogP contribution in [0.4, 0.5) is 0 Å². The number of hydrogen-bond donors (Lipinski definition) is 3. The van der Waals surface area contributed by atoms with Crippen LogP contribution in [0.3, 0.4) is 0 Å². The minimum Gasteiger partial charge on any atom is -0.508 e. The molecule has 0 radical (unpaired) electrons. The fourth-order valence-electron chi connectivity index (χ4n) is 5.67. The number of phenols is 1. The normalized spacial score (nSPS) is 24.9. The highest BCUT2D eigenvalue weighted by Gasteiger charge is 2.46. The van der Waals surface area contributed by atoms with Crippen molar-refractivity contribution in [1.82, 2.24) is 10.2 Å². The Morgan fingerprint density at radius 2 is 1.85 bits per heavy atom. The van der Waals surface area contributed by atoms with E-state index in [1.54, 1.807) is 12.1 Å². The Morgan fingerprint density at radius 1 is 1.15 bits per heavy atom. The van der Waals surface area contributed by atoms with Crippen LogP contribution in [0.5, 0.6) is 5.75 Å². The topological polar surface area (TPSA) is 95.7 Å². The molecule has 2 aliphatic rings. The van der Waals surface area contributed by atoms with E-state index in [-0.39, 0.29) is 16.4 Å². The van der Waals surface area contributed by atoms with Crippen LogP contribution < -0.4 is 10.5 Å². The number of phenolic OH excluding ortho intramolecular Hbond substituents is 1. The van der Waals surface area contributed by atoms with Gasteiger partial charge in [0.25, 0.3) is 0 Å². The Morgan fingerprint density at radius 3 is 2.44 bits per heavy atom. The summed E-state index contributed by atoms with van der Waals surface area (Å²) in [6, 6.07) is 13.4. The first-order chi connectivity index (χ1) is 16.2. The molecule has 2 aromatic rings. The maximum atomic E-state index is 11.5. The van der Waals surface area contributed by atoms with Crippen molar-refractivity contribution in [2.45, 2.75) is 75.3 Å². The SMILES string of the molecule is CCN(CC1CC1)[C@@H]1Cc2ccc(O)cc2C(C)(CC)[C@@H]1NCCc1ccc(S(N)(=O)=O)cc1. The van der Waals surface area contributed by atoms with E-state index in [4.69, 9.17) is 5.14 Å². The number of fused-ring (bicyclic) bond motifs is 1. The standard InChI is InChI=1S/C27H39N3O3S/c1-4-27(3)24-17-22(31)11-10-21(24)16-25(30(5-2)18-20-6-7-20)26(27)29-15-14-19-8-12-23(13-9-19)34(28,32)33/h8-13,17,20,25-26,29,31H,4-7,14-16,18H2,1-3H3,(H2,28,32,33)/t25-,26-,27?/m1/s1. The third kappa shape index (κ3) is 5.33. The fourth-order valence-corrected chi connectivity index (χ4v) is 6.19. The van der Waals surface area contributed by atoms with Gasteiger partial charge in [0.1, 0.15) is 5.75 Å². The minimum absolute atomic E-state index is 0.106. The first-order valence-corrected chi connectivity index (χ1v) is 14.1. The van der Waals surface area contributed by atoms with Crippen LogP contribution in [0.15, 0.2) is 47.4 Å². The van der Waals surface area contributed by atoms with E-state index in [1.165, 1.54) is 24.0 Å². The molecule has 7 heteroatoms. The lowest BCUT2D eigenvalue weighted by Gasteiger charge is -2.51. The van der Waals surface area contributed by atoms with Gasteiger partial charge in [-0.15, -0.1) is 0 Å². The van der Waals surface area contributed by atoms with Gasteiger partial charge in [-0.1, -0.05) is 39.0 Å². The van der Waals surface area contributed by atoms with Crippen LogP contribution in [0, 0.1) is 5.92 Å². The second kappa shape index (κ2) is 9.97. The summed E-state index contributed by atoms with van der Waals surface area (Å²) in [5.41, 5.74) is 3.57. The number of aromatic hydroxyl groups is 1. The molecule has 6 nitrogen and oxygen atoms in total. The number of nitrogens with zero attached hydrogens (tertiary/aromatic N) is 1. The molecular weight excluding hydrogens is 446 g/mol. The highest BCUT2D eigenvalue weighted by atomic mass is 32.2. The van der Waals surface area contributed by atoms with Crippen molar-refractivity contribution >= 4 is 10.0 Å². The summed E-state index contributed by atoms with van der Waals surface area (Å²) in [5, 5.41) is 19.4. The van der Waals surface area contributed by atoms with E-state index in [1.807, 2.05) is 24.3 Å². The van der Waals surface area contributed by atoms with E-state index in [0.717, 1.165) is 50.4 Å². The molecule has 0 aromatic heterocycles. The van der Waals surface area contributed by atoms with E-state index in [2.05, 4.69) is 37.1 Å². The monoisotopic (exact) mass is 485 g/mol. The number of nitrogens with one attached hydrogen (secondary N) is 1.